The van der Waals surface area contributed by atoms with Gasteiger partial charge < -0.3 is 10.4 Å². The number of nitrogens with one attached hydrogen (secondary N) is 1. The minimum absolute atomic E-state index is 0.0182. The summed E-state index contributed by atoms with van der Waals surface area (Å²) in [6.07, 6.45) is 0. The number of halogens is 1. The molecule has 21 heavy (non-hydrogen) atoms. The number of hydrogen-bond acceptors (Lipinski definition) is 4. The average Bonchev–Trinajstić information content (AvgIpc) is 2.46. The Morgan fingerprint density at radius 1 is 1.24 bits per heavy atom. The minimum atomic E-state index is -1.04. The molecule has 0 bridgehead atoms. The number of carboxylic acids is 1. The van der Waals surface area contributed by atoms with E-state index in [2.05, 4.69) is 5.32 Å². The number of nitrogens with zero attached hydrogens (tertiary/aromatic N) is 1. The van der Waals surface area contributed by atoms with Gasteiger partial charge in [0, 0.05) is 18.7 Å². The fourth-order valence-corrected chi connectivity index (χ4v) is 1.91. The Morgan fingerprint density at radius 2 is 1.90 bits per heavy atom. The minimum Gasteiger partial charge on any atom is -0.478 e. The monoisotopic (exact) mass is 306 g/mol. The Balaban J connectivity index is 2.10. The van der Waals surface area contributed by atoms with Crippen molar-refractivity contribution in [2.75, 3.05) is 5.32 Å². The maximum absolute atomic E-state index is 10.9. The van der Waals surface area contributed by atoms with Gasteiger partial charge >= 0.3 is 5.97 Å². The standard InChI is InChI=1S/C14H11ClN2O4/c15-12-6-3-10(14(18)19)7-13(12)16-8-9-1-4-11(5-2-9)17(20)21/h1-7,16H,8H2,(H,18,19). The van der Waals surface area contributed by atoms with Crippen molar-refractivity contribution in [2.45, 2.75) is 6.54 Å². The summed E-state index contributed by atoms with van der Waals surface area (Å²) in [4.78, 5) is 21.0. The van der Waals surface area contributed by atoms with Gasteiger partial charge in [-0.25, -0.2) is 4.79 Å². The molecule has 6 nitrogen and oxygen atoms in total. The molecule has 0 saturated heterocycles. The van der Waals surface area contributed by atoms with Crippen LogP contribution in [0.5, 0.6) is 0 Å². The van der Waals surface area contributed by atoms with Crippen LogP contribution < -0.4 is 5.32 Å². The van der Waals surface area contributed by atoms with Crippen molar-refractivity contribution in [2.24, 2.45) is 0 Å². The first-order valence-corrected chi connectivity index (χ1v) is 6.35. The molecule has 0 aromatic heterocycles. The van der Waals surface area contributed by atoms with Gasteiger partial charge in [0.2, 0.25) is 0 Å². The maximum atomic E-state index is 10.9. The first kappa shape index (κ1) is 14.8. The van der Waals surface area contributed by atoms with Gasteiger partial charge in [0.05, 0.1) is 21.2 Å². The van der Waals surface area contributed by atoms with Gasteiger partial charge in [-0.2, -0.15) is 0 Å². The quantitative estimate of drug-likeness (QED) is 0.651. The third-order valence-corrected chi connectivity index (χ3v) is 3.17. The van der Waals surface area contributed by atoms with Crippen LogP contribution in [-0.2, 0) is 6.54 Å². The Kier molecular flexibility index (Phi) is 4.39. The summed E-state index contributed by atoms with van der Waals surface area (Å²) in [6, 6.07) is 10.4. The summed E-state index contributed by atoms with van der Waals surface area (Å²) in [5.74, 6) is -1.04. The van der Waals surface area contributed by atoms with Crippen LogP contribution in [0.15, 0.2) is 42.5 Å². The summed E-state index contributed by atoms with van der Waals surface area (Å²) in [6.45, 7) is 0.376. The Hall–Kier alpha value is -2.60. The Labute approximate surface area is 125 Å². The van der Waals surface area contributed by atoms with Crippen LogP contribution in [-0.4, -0.2) is 16.0 Å². The molecule has 7 heteroatoms. The van der Waals surface area contributed by atoms with Crippen LogP contribution in [0.1, 0.15) is 15.9 Å². The molecule has 2 aromatic rings. The van der Waals surface area contributed by atoms with Crippen molar-refractivity contribution >= 4 is 28.9 Å². The van der Waals surface area contributed by atoms with Crippen molar-refractivity contribution in [3.63, 3.8) is 0 Å². The fraction of sp³-hybridized carbons (Fsp3) is 0.0714. The van der Waals surface area contributed by atoms with Crippen molar-refractivity contribution in [3.05, 3.63) is 68.7 Å². The molecule has 0 amide bonds. The van der Waals surface area contributed by atoms with Crippen LogP contribution in [0.4, 0.5) is 11.4 Å². The lowest BCUT2D eigenvalue weighted by molar-refractivity contribution is -0.384. The molecule has 0 aliphatic carbocycles. The summed E-state index contributed by atoms with van der Waals surface area (Å²) in [5.41, 5.74) is 1.46. The predicted octanol–water partition coefficient (Wildman–Crippen LogP) is 3.56. The van der Waals surface area contributed by atoms with Crippen molar-refractivity contribution < 1.29 is 14.8 Å². The number of hydrogen-bond donors (Lipinski definition) is 2. The number of anilines is 1. The maximum Gasteiger partial charge on any atom is 0.335 e. The molecule has 0 heterocycles. The largest absolute Gasteiger partial charge is 0.478 e. The van der Waals surface area contributed by atoms with E-state index < -0.39 is 10.9 Å². The normalized spacial score (nSPS) is 10.1. The van der Waals surface area contributed by atoms with E-state index in [4.69, 9.17) is 16.7 Å². The van der Waals surface area contributed by atoms with Gasteiger partial charge in [-0.15, -0.1) is 0 Å². The lowest BCUT2D eigenvalue weighted by Gasteiger charge is -2.09. The third kappa shape index (κ3) is 3.70. The zero-order chi connectivity index (χ0) is 15.4. The number of benzene rings is 2. The lowest BCUT2D eigenvalue weighted by Crippen LogP contribution is -2.03. The van der Waals surface area contributed by atoms with E-state index in [-0.39, 0.29) is 11.3 Å². The molecule has 2 aromatic carbocycles. The number of rotatable bonds is 5. The van der Waals surface area contributed by atoms with E-state index in [0.717, 1.165) is 5.56 Å². The Bertz CT molecular complexity index is 686. The van der Waals surface area contributed by atoms with Crippen LogP contribution in [0.25, 0.3) is 0 Å². The average molecular weight is 307 g/mol. The third-order valence-electron chi connectivity index (χ3n) is 2.84. The van der Waals surface area contributed by atoms with Crippen LogP contribution in [0, 0.1) is 10.1 Å². The summed E-state index contributed by atoms with van der Waals surface area (Å²) < 4.78 is 0. The van der Waals surface area contributed by atoms with E-state index in [9.17, 15) is 14.9 Å². The molecular formula is C14H11ClN2O4. The lowest BCUT2D eigenvalue weighted by atomic mass is 10.1. The second-order valence-electron chi connectivity index (χ2n) is 4.28. The number of aromatic carboxylic acids is 1. The summed E-state index contributed by atoms with van der Waals surface area (Å²) in [7, 11) is 0. The zero-order valence-corrected chi connectivity index (χ0v) is 11.5. The molecule has 0 unspecified atom stereocenters. The van der Waals surface area contributed by atoms with E-state index in [1.165, 1.54) is 30.3 Å². The van der Waals surface area contributed by atoms with E-state index >= 15 is 0 Å². The smallest absolute Gasteiger partial charge is 0.335 e. The second kappa shape index (κ2) is 6.23. The van der Waals surface area contributed by atoms with Gasteiger partial charge in [0.25, 0.3) is 5.69 Å². The number of carboxylic acid groups (broad SMARTS) is 1. The fourth-order valence-electron chi connectivity index (χ4n) is 1.73. The number of carbonyl (C=O) groups is 1. The molecular weight excluding hydrogens is 296 g/mol. The van der Waals surface area contributed by atoms with Crippen molar-refractivity contribution in [3.8, 4) is 0 Å². The van der Waals surface area contributed by atoms with Crippen molar-refractivity contribution in [1.82, 2.24) is 0 Å². The highest BCUT2D eigenvalue weighted by Gasteiger charge is 2.08. The van der Waals surface area contributed by atoms with Crippen LogP contribution in [0.3, 0.4) is 0 Å². The summed E-state index contributed by atoms with van der Waals surface area (Å²) in [5, 5.41) is 22.9. The van der Waals surface area contributed by atoms with E-state index in [0.29, 0.717) is 17.3 Å². The van der Waals surface area contributed by atoms with Gasteiger partial charge in [0.15, 0.2) is 0 Å². The summed E-state index contributed by atoms with van der Waals surface area (Å²) >= 11 is 5.99. The molecule has 0 aliphatic rings. The predicted molar refractivity (Wildman–Crippen MR) is 78.8 cm³/mol. The number of nitro benzene ring substituents is 1. The first-order chi connectivity index (χ1) is 9.97. The highest BCUT2D eigenvalue weighted by atomic mass is 35.5. The first-order valence-electron chi connectivity index (χ1n) is 5.97. The van der Waals surface area contributed by atoms with Gasteiger partial charge in [-0.1, -0.05) is 23.7 Å². The molecule has 0 spiro atoms. The van der Waals surface area contributed by atoms with E-state index in [1.807, 2.05) is 0 Å². The SMILES string of the molecule is O=C(O)c1ccc(Cl)c(NCc2ccc([N+](=O)[O-])cc2)c1. The van der Waals surface area contributed by atoms with Gasteiger partial charge in [-0.3, -0.25) is 10.1 Å². The highest BCUT2D eigenvalue weighted by Crippen LogP contribution is 2.24. The molecule has 0 radical (unpaired) electrons. The van der Waals surface area contributed by atoms with Crippen LogP contribution in [0.2, 0.25) is 5.02 Å². The molecule has 108 valence electrons. The zero-order valence-electron chi connectivity index (χ0n) is 10.7. The van der Waals surface area contributed by atoms with Gasteiger partial charge in [0.1, 0.15) is 0 Å². The topological polar surface area (TPSA) is 92.5 Å². The highest BCUT2D eigenvalue weighted by molar-refractivity contribution is 6.33. The van der Waals surface area contributed by atoms with E-state index in [1.54, 1.807) is 12.1 Å². The molecule has 2 rings (SSSR count). The second-order valence-corrected chi connectivity index (χ2v) is 4.68. The molecule has 0 aliphatic heterocycles. The Morgan fingerprint density at radius 3 is 2.48 bits per heavy atom. The molecule has 0 fully saturated rings. The number of non-ortho nitro benzene ring substituents is 1. The molecule has 2 N–H and O–H groups in total. The molecule has 0 saturated carbocycles. The molecule has 0 atom stereocenters. The van der Waals surface area contributed by atoms with Crippen molar-refractivity contribution in [1.29, 1.82) is 0 Å². The van der Waals surface area contributed by atoms with Crippen LogP contribution >= 0.6 is 11.6 Å². The number of nitro groups is 1. The van der Waals surface area contributed by atoms with Gasteiger partial charge in [-0.05, 0) is 23.8 Å².